The fourth-order valence-corrected chi connectivity index (χ4v) is 1.66. The van der Waals surface area contributed by atoms with Crippen LogP contribution in [0.3, 0.4) is 0 Å². The number of benzene rings is 1. The van der Waals surface area contributed by atoms with Crippen LogP contribution in [-0.2, 0) is 4.74 Å². The van der Waals surface area contributed by atoms with Crippen molar-refractivity contribution in [3.8, 4) is 5.75 Å². The van der Waals surface area contributed by atoms with Crippen LogP contribution in [0.2, 0.25) is 0 Å². The summed E-state index contributed by atoms with van der Waals surface area (Å²) in [5.41, 5.74) is -0.00981. The molecular formula is C12H12BrF3O4. The van der Waals surface area contributed by atoms with Gasteiger partial charge in [-0.2, -0.15) is 13.2 Å². The Balaban J connectivity index is 2.38. The molecule has 0 radical (unpaired) electrons. The molecule has 0 saturated carbocycles. The van der Waals surface area contributed by atoms with Crippen LogP contribution in [-0.4, -0.2) is 37.1 Å². The molecule has 0 aliphatic carbocycles. The highest BCUT2D eigenvalue weighted by atomic mass is 79.9. The van der Waals surface area contributed by atoms with Crippen molar-refractivity contribution in [1.29, 1.82) is 0 Å². The van der Waals surface area contributed by atoms with Gasteiger partial charge in [-0.05, 0) is 18.2 Å². The third-order valence-corrected chi connectivity index (χ3v) is 2.62. The van der Waals surface area contributed by atoms with Crippen LogP contribution >= 0.6 is 15.9 Å². The lowest BCUT2D eigenvalue weighted by Gasteiger charge is -2.10. The van der Waals surface area contributed by atoms with Gasteiger partial charge in [-0.15, -0.1) is 0 Å². The van der Waals surface area contributed by atoms with Gasteiger partial charge in [0.2, 0.25) is 0 Å². The summed E-state index contributed by atoms with van der Waals surface area (Å²) in [7, 11) is 0. The molecule has 1 aromatic carbocycles. The second-order valence-electron chi connectivity index (χ2n) is 3.82. The number of carboxylic acids is 1. The second kappa shape index (κ2) is 7.49. The van der Waals surface area contributed by atoms with Crippen molar-refractivity contribution >= 4 is 21.9 Å². The Bertz CT molecular complexity index is 463. The molecule has 0 unspecified atom stereocenters. The first kappa shape index (κ1) is 16.8. The van der Waals surface area contributed by atoms with Gasteiger partial charge in [-0.1, -0.05) is 15.9 Å². The predicted octanol–water partition coefficient (Wildman–Crippen LogP) is 3.50. The summed E-state index contributed by atoms with van der Waals surface area (Å²) < 4.78 is 45.7. The number of halogens is 4. The van der Waals surface area contributed by atoms with Crippen molar-refractivity contribution in [1.82, 2.24) is 0 Å². The standard InChI is InChI=1S/C12H12BrF3O4/c13-8-2-3-9(11(17)18)10(6-8)20-5-1-4-19-7-12(14,15)16/h2-3,6H,1,4-5,7H2,(H,17,18). The van der Waals surface area contributed by atoms with Crippen molar-refractivity contribution in [3.63, 3.8) is 0 Å². The molecule has 112 valence electrons. The fourth-order valence-electron chi connectivity index (χ4n) is 1.32. The highest BCUT2D eigenvalue weighted by Gasteiger charge is 2.27. The van der Waals surface area contributed by atoms with Gasteiger partial charge >= 0.3 is 12.1 Å². The highest BCUT2D eigenvalue weighted by Crippen LogP contribution is 2.24. The van der Waals surface area contributed by atoms with Crippen LogP contribution in [0.4, 0.5) is 13.2 Å². The van der Waals surface area contributed by atoms with Crippen LogP contribution in [0.25, 0.3) is 0 Å². The molecule has 4 nitrogen and oxygen atoms in total. The number of aromatic carboxylic acids is 1. The largest absolute Gasteiger partial charge is 0.493 e. The molecule has 0 aliphatic rings. The van der Waals surface area contributed by atoms with E-state index in [1.54, 1.807) is 6.07 Å². The molecule has 0 fully saturated rings. The minimum atomic E-state index is -4.35. The summed E-state index contributed by atoms with van der Waals surface area (Å²) in [5, 5.41) is 8.94. The molecule has 1 N–H and O–H groups in total. The van der Waals surface area contributed by atoms with Gasteiger partial charge in [0.1, 0.15) is 17.9 Å². The molecule has 20 heavy (non-hydrogen) atoms. The molecule has 0 saturated heterocycles. The first-order chi connectivity index (χ1) is 9.29. The molecule has 1 aromatic rings. The van der Waals surface area contributed by atoms with Crippen LogP contribution in [0.15, 0.2) is 22.7 Å². The van der Waals surface area contributed by atoms with E-state index in [4.69, 9.17) is 9.84 Å². The van der Waals surface area contributed by atoms with Gasteiger partial charge in [-0.3, -0.25) is 0 Å². The zero-order chi connectivity index (χ0) is 15.2. The maximum atomic E-state index is 11.8. The molecule has 0 amide bonds. The predicted molar refractivity (Wildman–Crippen MR) is 68.1 cm³/mol. The lowest BCUT2D eigenvalue weighted by molar-refractivity contribution is -0.174. The third-order valence-electron chi connectivity index (χ3n) is 2.13. The SMILES string of the molecule is O=C(O)c1ccc(Br)cc1OCCCOCC(F)(F)F. The maximum absolute atomic E-state index is 11.8. The number of carbonyl (C=O) groups is 1. The molecule has 1 rings (SSSR count). The average molecular weight is 357 g/mol. The zero-order valence-corrected chi connectivity index (χ0v) is 11.8. The van der Waals surface area contributed by atoms with E-state index in [9.17, 15) is 18.0 Å². The smallest absolute Gasteiger partial charge is 0.411 e. The van der Waals surface area contributed by atoms with E-state index in [2.05, 4.69) is 20.7 Å². The van der Waals surface area contributed by atoms with Crippen LogP contribution in [0.1, 0.15) is 16.8 Å². The molecule has 0 bridgehead atoms. The summed E-state index contributed by atoms with van der Waals surface area (Å²) in [5.74, 6) is -0.983. The quantitative estimate of drug-likeness (QED) is 0.759. The first-order valence-electron chi connectivity index (χ1n) is 5.60. The third kappa shape index (κ3) is 6.25. The van der Waals surface area contributed by atoms with Gasteiger partial charge in [0.15, 0.2) is 0 Å². The summed E-state index contributed by atoms with van der Waals surface area (Å²) in [6.07, 6.45) is -4.12. The van der Waals surface area contributed by atoms with Gasteiger partial charge in [0.25, 0.3) is 0 Å². The summed E-state index contributed by atoms with van der Waals surface area (Å²) in [6, 6.07) is 4.42. The Morgan fingerprint density at radius 2 is 2.00 bits per heavy atom. The molecule has 8 heteroatoms. The topological polar surface area (TPSA) is 55.8 Å². The lowest BCUT2D eigenvalue weighted by Crippen LogP contribution is -2.18. The minimum absolute atomic E-state index is 0.00981. The Hall–Kier alpha value is -1.28. The lowest BCUT2D eigenvalue weighted by atomic mass is 10.2. The summed E-state index contributed by atoms with van der Waals surface area (Å²) in [4.78, 5) is 10.9. The van der Waals surface area contributed by atoms with Crippen LogP contribution in [0, 0.1) is 0 Å². The molecular weight excluding hydrogens is 345 g/mol. The van der Waals surface area contributed by atoms with Gasteiger partial charge in [0, 0.05) is 10.9 Å². The van der Waals surface area contributed by atoms with Crippen molar-refractivity contribution in [2.45, 2.75) is 12.6 Å². The average Bonchev–Trinajstić information content (AvgIpc) is 2.32. The van der Waals surface area contributed by atoms with Crippen LogP contribution < -0.4 is 4.74 Å². The van der Waals surface area contributed by atoms with E-state index in [0.717, 1.165) is 0 Å². The molecule has 0 aliphatic heterocycles. The normalized spacial score (nSPS) is 11.4. The zero-order valence-electron chi connectivity index (χ0n) is 10.2. The summed E-state index contributed by atoms with van der Waals surface area (Å²) in [6.45, 7) is -1.35. The van der Waals surface area contributed by atoms with Gasteiger partial charge < -0.3 is 14.6 Å². The fraction of sp³-hybridized carbons (Fsp3) is 0.417. The van der Waals surface area contributed by atoms with Gasteiger partial charge in [0.05, 0.1) is 13.2 Å². The van der Waals surface area contributed by atoms with Crippen molar-refractivity contribution in [2.24, 2.45) is 0 Å². The van der Waals surface area contributed by atoms with E-state index in [-0.39, 0.29) is 30.9 Å². The van der Waals surface area contributed by atoms with E-state index in [0.29, 0.717) is 4.47 Å². The van der Waals surface area contributed by atoms with Gasteiger partial charge in [-0.25, -0.2) is 4.79 Å². The van der Waals surface area contributed by atoms with E-state index >= 15 is 0 Å². The Kier molecular flexibility index (Phi) is 6.28. The number of hydrogen-bond acceptors (Lipinski definition) is 3. The van der Waals surface area contributed by atoms with E-state index < -0.39 is 18.8 Å². The van der Waals surface area contributed by atoms with E-state index in [1.165, 1.54) is 12.1 Å². The second-order valence-corrected chi connectivity index (χ2v) is 4.73. The Morgan fingerprint density at radius 3 is 2.60 bits per heavy atom. The highest BCUT2D eigenvalue weighted by molar-refractivity contribution is 9.10. The molecule has 0 aromatic heterocycles. The minimum Gasteiger partial charge on any atom is -0.493 e. The summed E-state index contributed by atoms with van der Waals surface area (Å²) >= 11 is 3.18. The van der Waals surface area contributed by atoms with Crippen molar-refractivity contribution in [2.75, 3.05) is 19.8 Å². The molecule has 0 spiro atoms. The monoisotopic (exact) mass is 356 g/mol. The molecule has 0 atom stereocenters. The first-order valence-corrected chi connectivity index (χ1v) is 6.39. The van der Waals surface area contributed by atoms with Crippen LogP contribution in [0.5, 0.6) is 5.75 Å². The van der Waals surface area contributed by atoms with Crippen molar-refractivity contribution < 1.29 is 32.5 Å². The number of carboxylic acid groups (broad SMARTS) is 1. The number of alkyl halides is 3. The maximum Gasteiger partial charge on any atom is 0.411 e. The Labute approximate surface area is 121 Å². The number of hydrogen-bond donors (Lipinski definition) is 1. The Morgan fingerprint density at radius 1 is 1.30 bits per heavy atom. The molecule has 0 heterocycles. The van der Waals surface area contributed by atoms with Crippen molar-refractivity contribution in [3.05, 3.63) is 28.2 Å². The number of ether oxygens (including phenoxy) is 2. The van der Waals surface area contributed by atoms with E-state index in [1.807, 2.05) is 0 Å². The number of rotatable bonds is 7.